The van der Waals surface area contributed by atoms with Gasteiger partial charge in [0.15, 0.2) is 5.65 Å². The number of thiophene rings is 1. The lowest BCUT2D eigenvalue weighted by molar-refractivity contribution is 0.0903. The molecule has 0 saturated heterocycles. The molecule has 1 amide bonds. The van der Waals surface area contributed by atoms with Gasteiger partial charge >= 0.3 is 0 Å². The molecule has 3 heterocycles. The van der Waals surface area contributed by atoms with Gasteiger partial charge in [0.2, 0.25) is 0 Å². The van der Waals surface area contributed by atoms with E-state index in [1.54, 1.807) is 23.7 Å². The highest BCUT2D eigenvalue weighted by molar-refractivity contribution is 7.10. The fraction of sp³-hybridized carbons (Fsp3) is 0.421. The molecule has 0 radical (unpaired) electrons. The zero-order valence-electron chi connectivity index (χ0n) is 15.3. The van der Waals surface area contributed by atoms with Gasteiger partial charge in [-0.05, 0) is 36.8 Å². The maximum Gasteiger partial charge on any atom is 0.253 e. The van der Waals surface area contributed by atoms with Gasteiger partial charge in [0.05, 0.1) is 17.8 Å². The second-order valence-electron chi connectivity index (χ2n) is 7.61. The molecule has 132 valence electrons. The van der Waals surface area contributed by atoms with E-state index in [2.05, 4.69) is 56.1 Å². The molecule has 0 aliphatic carbocycles. The smallest absolute Gasteiger partial charge is 0.253 e. The van der Waals surface area contributed by atoms with Gasteiger partial charge in [0.25, 0.3) is 5.91 Å². The molecule has 25 heavy (non-hydrogen) atoms. The number of fused-ring (bicyclic) bond motifs is 1. The van der Waals surface area contributed by atoms with Crippen LogP contribution < -0.4 is 5.32 Å². The summed E-state index contributed by atoms with van der Waals surface area (Å²) >= 11 is 1.66. The lowest BCUT2D eigenvalue weighted by Crippen LogP contribution is -2.36. The molecule has 0 fully saturated rings. The molecule has 1 unspecified atom stereocenters. The van der Waals surface area contributed by atoms with E-state index in [0.29, 0.717) is 5.56 Å². The van der Waals surface area contributed by atoms with E-state index in [1.165, 1.54) is 0 Å². The highest BCUT2D eigenvalue weighted by Crippen LogP contribution is 2.35. The summed E-state index contributed by atoms with van der Waals surface area (Å²) in [4.78, 5) is 18.4. The molecule has 0 spiro atoms. The highest BCUT2D eigenvalue weighted by Gasteiger charge is 2.29. The van der Waals surface area contributed by atoms with Gasteiger partial charge in [0.1, 0.15) is 0 Å². The SMILES string of the molecule is CC(C)n1ncc2cc(C(=O)NC(c3cccs3)C(C)(C)C)cnc21. The molecular formula is C19H24N4OS. The quantitative estimate of drug-likeness (QED) is 0.744. The van der Waals surface area contributed by atoms with Gasteiger partial charge in [-0.15, -0.1) is 11.3 Å². The van der Waals surface area contributed by atoms with Crippen LogP contribution in [0, 0.1) is 5.41 Å². The largest absolute Gasteiger partial charge is 0.344 e. The number of nitrogens with one attached hydrogen (secondary N) is 1. The van der Waals surface area contributed by atoms with Crippen LogP contribution >= 0.6 is 11.3 Å². The first-order valence-corrected chi connectivity index (χ1v) is 9.33. The minimum atomic E-state index is -0.111. The van der Waals surface area contributed by atoms with E-state index in [-0.39, 0.29) is 23.4 Å². The van der Waals surface area contributed by atoms with Crippen molar-refractivity contribution >= 4 is 28.3 Å². The third-order valence-corrected chi connectivity index (χ3v) is 5.09. The second kappa shape index (κ2) is 6.59. The van der Waals surface area contributed by atoms with Gasteiger partial charge < -0.3 is 5.32 Å². The van der Waals surface area contributed by atoms with Gasteiger partial charge in [-0.2, -0.15) is 5.10 Å². The van der Waals surface area contributed by atoms with Crippen molar-refractivity contribution in [2.75, 3.05) is 0 Å². The van der Waals surface area contributed by atoms with E-state index >= 15 is 0 Å². The predicted octanol–water partition coefficient (Wildman–Crippen LogP) is 4.59. The summed E-state index contributed by atoms with van der Waals surface area (Å²) < 4.78 is 1.86. The number of rotatable bonds is 4. The van der Waals surface area contributed by atoms with Crippen LogP contribution in [0.25, 0.3) is 11.0 Å². The molecule has 3 rings (SSSR count). The first kappa shape index (κ1) is 17.6. The molecule has 0 bridgehead atoms. The van der Waals surface area contributed by atoms with Crippen LogP contribution in [0.3, 0.4) is 0 Å². The lowest BCUT2D eigenvalue weighted by Gasteiger charge is -2.30. The van der Waals surface area contributed by atoms with Crippen molar-refractivity contribution in [2.24, 2.45) is 5.41 Å². The third-order valence-electron chi connectivity index (χ3n) is 4.15. The van der Waals surface area contributed by atoms with E-state index in [0.717, 1.165) is 15.9 Å². The highest BCUT2D eigenvalue weighted by atomic mass is 32.1. The maximum absolute atomic E-state index is 12.8. The first-order chi connectivity index (χ1) is 11.8. The monoisotopic (exact) mass is 356 g/mol. The Morgan fingerprint density at radius 1 is 1.28 bits per heavy atom. The third kappa shape index (κ3) is 3.58. The molecule has 0 aromatic carbocycles. The van der Waals surface area contributed by atoms with Gasteiger partial charge in [-0.1, -0.05) is 26.8 Å². The Balaban J connectivity index is 1.88. The Kier molecular flexibility index (Phi) is 4.64. The van der Waals surface area contributed by atoms with Crippen molar-refractivity contribution in [3.05, 3.63) is 46.4 Å². The Morgan fingerprint density at radius 2 is 2.04 bits per heavy atom. The van der Waals surface area contributed by atoms with E-state index < -0.39 is 0 Å². The topological polar surface area (TPSA) is 59.8 Å². The Morgan fingerprint density at radius 3 is 2.64 bits per heavy atom. The fourth-order valence-electron chi connectivity index (χ4n) is 2.83. The Bertz CT molecular complexity index is 875. The molecule has 1 N–H and O–H groups in total. The van der Waals surface area contributed by atoms with Crippen LogP contribution in [0.2, 0.25) is 0 Å². The molecule has 0 aliphatic heterocycles. The van der Waals surface area contributed by atoms with Crippen molar-refractivity contribution in [1.29, 1.82) is 0 Å². The molecule has 0 saturated carbocycles. The maximum atomic E-state index is 12.8. The second-order valence-corrected chi connectivity index (χ2v) is 8.59. The van der Waals surface area contributed by atoms with Crippen LogP contribution in [-0.2, 0) is 0 Å². The molecular weight excluding hydrogens is 332 g/mol. The van der Waals surface area contributed by atoms with Crippen LogP contribution in [0.5, 0.6) is 0 Å². The first-order valence-electron chi connectivity index (χ1n) is 8.45. The van der Waals surface area contributed by atoms with Gasteiger partial charge in [-0.25, -0.2) is 9.67 Å². The van der Waals surface area contributed by atoms with Crippen LogP contribution in [-0.4, -0.2) is 20.7 Å². The fourth-order valence-corrected chi connectivity index (χ4v) is 3.85. The lowest BCUT2D eigenvalue weighted by atomic mass is 9.85. The summed E-state index contributed by atoms with van der Waals surface area (Å²) in [6, 6.07) is 6.12. The predicted molar refractivity (Wildman–Crippen MR) is 102 cm³/mol. The van der Waals surface area contributed by atoms with Crippen LogP contribution in [0.4, 0.5) is 0 Å². The minimum Gasteiger partial charge on any atom is -0.344 e. The molecule has 6 heteroatoms. The molecule has 0 aliphatic rings. The number of amides is 1. The van der Waals surface area contributed by atoms with Crippen LogP contribution in [0.15, 0.2) is 36.0 Å². The zero-order valence-corrected chi connectivity index (χ0v) is 16.1. The van der Waals surface area contributed by atoms with Crippen molar-refractivity contribution in [2.45, 2.75) is 46.7 Å². The normalized spacial score (nSPS) is 13.4. The number of pyridine rings is 1. The van der Waals surface area contributed by atoms with Gasteiger partial charge in [-0.3, -0.25) is 4.79 Å². The van der Waals surface area contributed by atoms with Crippen molar-refractivity contribution in [3.63, 3.8) is 0 Å². The average Bonchev–Trinajstić information content (AvgIpc) is 3.19. The van der Waals surface area contributed by atoms with Crippen molar-refractivity contribution < 1.29 is 4.79 Å². The van der Waals surface area contributed by atoms with Crippen LogP contribution in [0.1, 0.15) is 61.9 Å². The average molecular weight is 356 g/mol. The number of nitrogens with zero attached hydrogens (tertiary/aromatic N) is 3. The number of aromatic nitrogens is 3. The summed E-state index contributed by atoms with van der Waals surface area (Å²) in [6.07, 6.45) is 3.39. The summed E-state index contributed by atoms with van der Waals surface area (Å²) in [6.45, 7) is 10.5. The van der Waals surface area contributed by atoms with Crippen molar-refractivity contribution in [3.8, 4) is 0 Å². The van der Waals surface area contributed by atoms with E-state index in [9.17, 15) is 4.79 Å². The Labute approximate surface area is 152 Å². The standard InChI is InChI=1S/C19H24N4OS/c1-12(2)23-17-13(11-21-23)9-14(10-20-17)18(24)22-16(19(3,4)5)15-7-6-8-25-15/h6-12,16H,1-5H3,(H,22,24). The van der Waals surface area contributed by atoms with Crippen molar-refractivity contribution in [1.82, 2.24) is 20.1 Å². The number of carbonyl (C=O) groups is 1. The number of hydrogen-bond donors (Lipinski definition) is 1. The molecule has 1 atom stereocenters. The Hall–Kier alpha value is -2.21. The summed E-state index contributed by atoms with van der Waals surface area (Å²) in [5.41, 5.74) is 1.28. The summed E-state index contributed by atoms with van der Waals surface area (Å²) in [5.74, 6) is -0.111. The molecule has 5 nitrogen and oxygen atoms in total. The zero-order chi connectivity index (χ0) is 18.2. The van der Waals surface area contributed by atoms with E-state index in [4.69, 9.17) is 0 Å². The summed E-state index contributed by atoms with van der Waals surface area (Å²) in [7, 11) is 0. The minimum absolute atomic E-state index is 0.0471. The number of carbonyl (C=O) groups excluding carboxylic acids is 1. The molecule has 3 aromatic rings. The van der Waals surface area contributed by atoms with E-state index in [1.807, 2.05) is 22.2 Å². The number of hydrogen-bond acceptors (Lipinski definition) is 4. The summed E-state index contributed by atoms with van der Waals surface area (Å²) in [5, 5.41) is 10.4. The molecule has 3 aromatic heterocycles. The van der Waals surface area contributed by atoms with Gasteiger partial charge in [0, 0.05) is 22.5 Å².